The van der Waals surface area contributed by atoms with Gasteiger partial charge in [-0.05, 0) is 55.4 Å². The van der Waals surface area contributed by atoms with E-state index in [0.717, 1.165) is 36.3 Å². The number of halogens is 3. The molecule has 3 amide bonds. The molecule has 0 unspecified atom stereocenters. The number of imide groups is 1. The zero-order valence-corrected chi connectivity index (χ0v) is 16.4. The number of nitrogens with one attached hydrogen (secondary N) is 1. The molecule has 2 bridgehead atoms. The molecule has 2 aromatic carbocycles. The Kier molecular flexibility index (Phi) is 4.42. The van der Waals surface area contributed by atoms with E-state index < -0.39 is 17.6 Å². The smallest absolute Gasteiger partial charge is 0.321 e. The van der Waals surface area contributed by atoms with Crippen LogP contribution in [-0.4, -0.2) is 17.7 Å². The van der Waals surface area contributed by atoms with Gasteiger partial charge in [0.2, 0.25) is 11.8 Å². The van der Waals surface area contributed by atoms with Gasteiger partial charge >= 0.3 is 6.18 Å². The molecule has 31 heavy (non-hydrogen) atoms. The lowest BCUT2D eigenvalue weighted by atomic mass is 9.81. The second-order valence-electron chi connectivity index (χ2n) is 8.41. The summed E-state index contributed by atoms with van der Waals surface area (Å²) in [6.45, 7) is 0. The van der Waals surface area contributed by atoms with Gasteiger partial charge in [-0.15, -0.1) is 0 Å². The number of hydrogen-bond acceptors (Lipinski definition) is 3. The molecule has 1 saturated heterocycles. The maximum atomic E-state index is 13.3. The van der Waals surface area contributed by atoms with Crippen molar-refractivity contribution >= 4 is 29.1 Å². The number of fused-ring (bicyclic) bond motifs is 5. The lowest BCUT2D eigenvalue weighted by Gasteiger charge is -2.20. The Balaban J connectivity index is 1.48. The average Bonchev–Trinajstić information content (AvgIpc) is 3.41. The number of benzene rings is 2. The summed E-state index contributed by atoms with van der Waals surface area (Å²) in [6, 6.07) is 10.7. The van der Waals surface area contributed by atoms with E-state index in [0.29, 0.717) is 0 Å². The van der Waals surface area contributed by atoms with Crippen LogP contribution >= 0.6 is 0 Å². The Morgan fingerprint density at radius 3 is 2.13 bits per heavy atom. The highest BCUT2D eigenvalue weighted by atomic mass is 19.4. The number of alkyl halides is 3. The molecule has 3 fully saturated rings. The van der Waals surface area contributed by atoms with Gasteiger partial charge in [0.1, 0.15) is 0 Å². The number of anilines is 2. The Hall–Kier alpha value is -3.16. The maximum Gasteiger partial charge on any atom is 0.418 e. The van der Waals surface area contributed by atoms with E-state index >= 15 is 0 Å². The Bertz CT molecular complexity index is 1070. The van der Waals surface area contributed by atoms with Gasteiger partial charge in [0.15, 0.2) is 0 Å². The molecule has 160 valence electrons. The van der Waals surface area contributed by atoms with Gasteiger partial charge in [0.05, 0.1) is 34.3 Å². The second-order valence-corrected chi connectivity index (χ2v) is 8.41. The fourth-order valence-corrected chi connectivity index (χ4v) is 5.54. The van der Waals surface area contributed by atoms with Crippen molar-refractivity contribution in [2.24, 2.45) is 23.7 Å². The van der Waals surface area contributed by atoms with E-state index in [-0.39, 0.29) is 52.4 Å². The summed E-state index contributed by atoms with van der Waals surface area (Å²) in [5.41, 5.74) is -1.26. The topological polar surface area (TPSA) is 66.5 Å². The molecular formula is C23H19F3N2O3. The number of carbonyl (C=O) groups excluding carboxylic acids is 3. The molecule has 2 saturated carbocycles. The van der Waals surface area contributed by atoms with Crippen molar-refractivity contribution in [1.82, 2.24) is 0 Å². The van der Waals surface area contributed by atoms with Gasteiger partial charge < -0.3 is 5.32 Å². The third-order valence-corrected chi connectivity index (χ3v) is 6.80. The zero-order valence-electron chi connectivity index (χ0n) is 16.4. The molecule has 2 aromatic rings. The first-order valence-corrected chi connectivity index (χ1v) is 10.2. The van der Waals surface area contributed by atoms with Gasteiger partial charge in [0.25, 0.3) is 5.91 Å². The van der Waals surface area contributed by atoms with Crippen LogP contribution in [0, 0.1) is 23.7 Å². The molecule has 8 heteroatoms. The molecule has 5 rings (SSSR count). The monoisotopic (exact) mass is 428 g/mol. The molecule has 3 aliphatic rings. The number of hydrogen-bond donors (Lipinski definition) is 1. The van der Waals surface area contributed by atoms with E-state index in [1.165, 1.54) is 24.3 Å². The lowest BCUT2D eigenvalue weighted by molar-refractivity contribution is -0.137. The predicted molar refractivity (Wildman–Crippen MR) is 106 cm³/mol. The third kappa shape index (κ3) is 3.04. The summed E-state index contributed by atoms with van der Waals surface area (Å²) in [7, 11) is 0. The van der Waals surface area contributed by atoms with E-state index in [2.05, 4.69) is 5.32 Å². The van der Waals surface area contributed by atoms with Gasteiger partial charge in [-0.25, -0.2) is 4.90 Å². The van der Waals surface area contributed by atoms with Crippen molar-refractivity contribution in [2.75, 3.05) is 10.2 Å². The lowest BCUT2D eigenvalue weighted by Crippen LogP contribution is -2.34. The molecule has 4 atom stereocenters. The summed E-state index contributed by atoms with van der Waals surface area (Å²) in [5, 5.41) is 2.30. The Labute approximate surface area is 176 Å². The quantitative estimate of drug-likeness (QED) is 0.733. The van der Waals surface area contributed by atoms with Crippen LogP contribution in [0.4, 0.5) is 24.5 Å². The molecule has 1 heterocycles. The minimum Gasteiger partial charge on any atom is -0.321 e. The summed E-state index contributed by atoms with van der Waals surface area (Å²) in [4.78, 5) is 40.3. The highest BCUT2D eigenvalue weighted by molar-refractivity contribution is 6.25. The summed E-state index contributed by atoms with van der Waals surface area (Å²) in [6.07, 6.45) is -1.90. The zero-order chi connectivity index (χ0) is 21.9. The number of para-hydroxylation sites is 2. The largest absolute Gasteiger partial charge is 0.418 e. The van der Waals surface area contributed by atoms with Gasteiger partial charge in [-0.2, -0.15) is 13.2 Å². The van der Waals surface area contributed by atoms with E-state index in [4.69, 9.17) is 0 Å². The van der Waals surface area contributed by atoms with Crippen LogP contribution in [0.15, 0.2) is 48.5 Å². The standard InChI is InChI=1S/C23H19F3N2O3/c24-23(25,26)15-6-2-3-7-16(15)27-20(29)14-5-1-4-8-17(14)28-21(30)18-12-9-10-13(11-12)19(18)22(28)31/h1-8,12-13,18-19H,9-11H2,(H,27,29)/t12-,13-,18-,19-/m0/s1. The highest BCUT2D eigenvalue weighted by Gasteiger charge is 2.61. The normalized spacial score (nSPS) is 27.0. The molecule has 0 radical (unpaired) electrons. The van der Waals surface area contributed by atoms with Crippen molar-refractivity contribution in [1.29, 1.82) is 0 Å². The molecule has 0 aromatic heterocycles. The third-order valence-electron chi connectivity index (χ3n) is 6.80. The van der Waals surface area contributed by atoms with Gasteiger partial charge in [0, 0.05) is 0 Å². The van der Waals surface area contributed by atoms with Crippen molar-refractivity contribution in [3.63, 3.8) is 0 Å². The number of nitrogens with zero attached hydrogens (tertiary/aromatic N) is 1. The minimum atomic E-state index is -4.64. The van der Waals surface area contributed by atoms with E-state index in [9.17, 15) is 27.6 Å². The van der Waals surface area contributed by atoms with Crippen molar-refractivity contribution in [2.45, 2.75) is 25.4 Å². The first-order chi connectivity index (χ1) is 14.8. The van der Waals surface area contributed by atoms with E-state index in [1.807, 2.05) is 0 Å². The second kappa shape index (κ2) is 6.93. The van der Waals surface area contributed by atoms with Gasteiger partial charge in [-0.3, -0.25) is 14.4 Å². The first kappa shape index (κ1) is 19.8. The molecular weight excluding hydrogens is 409 g/mol. The van der Waals surface area contributed by atoms with Crippen LogP contribution < -0.4 is 10.2 Å². The van der Waals surface area contributed by atoms with Crippen LogP contribution in [0.2, 0.25) is 0 Å². The average molecular weight is 428 g/mol. The number of carbonyl (C=O) groups is 3. The van der Waals surface area contributed by atoms with Crippen molar-refractivity contribution in [3.05, 3.63) is 59.7 Å². The van der Waals surface area contributed by atoms with Crippen LogP contribution in [0.25, 0.3) is 0 Å². The van der Waals surface area contributed by atoms with Crippen molar-refractivity contribution in [3.8, 4) is 0 Å². The number of rotatable bonds is 3. The molecule has 1 aliphatic heterocycles. The summed E-state index contributed by atoms with van der Waals surface area (Å²) < 4.78 is 39.9. The summed E-state index contributed by atoms with van der Waals surface area (Å²) >= 11 is 0. The molecule has 1 N–H and O–H groups in total. The summed E-state index contributed by atoms with van der Waals surface area (Å²) in [5.74, 6) is -1.75. The molecule has 5 nitrogen and oxygen atoms in total. The van der Waals surface area contributed by atoms with E-state index in [1.54, 1.807) is 12.1 Å². The van der Waals surface area contributed by atoms with Gasteiger partial charge in [-0.1, -0.05) is 24.3 Å². The number of amides is 3. The highest BCUT2D eigenvalue weighted by Crippen LogP contribution is 2.56. The Morgan fingerprint density at radius 1 is 0.903 bits per heavy atom. The van der Waals surface area contributed by atoms with Crippen LogP contribution in [0.1, 0.15) is 35.2 Å². The minimum absolute atomic E-state index is 0.0199. The van der Waals surface area contributed by atoms with Crippen LogP contribution in [0.5, 0.6) is 0 Å². The predicted octanol–water partition coefficient (Wildman–Crippen LogP) is 4.49. The maximum absolute atomic E-state index is 13.3. The van der Waals surface area contributed by atoms with Crippen molar-refractivity contribution < 1.29 is 27.6 Å². The SMILES string of the molecule is O=C(Nc1ccccc1C(F)(F)F)c1ccccc1N1C(=O)[C@H]2[C@H]3CC[C@@H](C3)[C@@H]2C1=O. The van der Waals surface area contributed by atoms with Crippen LogP contribution in [-0.2, 0) is 15.8 Å². The first-order valence-electron chi connectivity index (χ1n) is 10.2. The molecule has 0 spiro atoms. The van der Waals surface area contributed by atoms with Crippen LogP contribution in [0.3, 0.4) is 0 Å². The molecule has 2 aliphatic carbocycles. The fraction of sp³-hybridized carbons (Fsp3) is 0.348. The Morgan fingerprint density at radius 2 is 1.48 bits per heavy atom. The fourth-order valence-electron chi connectivity index (χ4n) is 5.54.